The second-order valence-electron chi connectivity index (χ2n) is 3.10. The van der Waals surface area contributed by atoms with Crippen molar-refractivity contribution in [1.82, 2.24) is 15.2 Å². The minimum Gasteiger partial charge on any atom is -0.256 e. The van der Waals surface area contributed by atoms with Gasteiger partial charge in [0, 0.05) is 23.2 Å². The molecule has 14 heavy (non-hydrogen) atoms. The molecule has 0 spiro atoms. The Labute approximate surface area is 80.4 Å². The van der Waals surface area contributed by atoms with Crippen LogP contribution >= 0.6 is 0 Å². The average Bonchev–Trinajstić information content (AvgIpc) is 2.55. The molecule has 66 valence electrons. The molecule has 0 amide bonds. The SMILES string of the molecule is c1cnnc2ccc3ccnc3c2c1. The number of fused-ring (bicyclic) bond motifs is 3. The molecule has 3 heteroatoms. The third kappa shape index (κ3) is 0.956. The molecule has 0 aliphatic heterocycles. The van der Waals surface area contributed by atoms with E-state index in [4.69, 9.17) is 0 Å². The molecular formula is C11H7N3. The van der Waals surface area contributed by atoms with Gasteiger partial charge in [-0.15, -0.1) is 0 Å². The van der Waals surface area contributed by atoms with E-state index in [0.29, 0.717) is 0 Å². The molecule has 2 aromatic heterocycles. The number of aromatic nitrogens is 3. The van der Waals surface area contributed by atoms with Crippen molar-refractivity contribution in [3.8, 4) is 0 Å². The van der Waals surface area contributed by atoms with E-state index in [1.807, 2.05) is 36.5 Å². The minimum absolute atomic E-state index is 0.876. The van der Waals surface area contributed by atoms with Crippen LogP contribution in [0.15, 0.2) is 42.7 Å². The zero-order valence-corrected chi connectivity index (χ0v) is 7.38. The fourth-order valence-electron chi connectivity index (χ4n) is 1.61. The maximum absolute atomic E-state index is 4.31. The summed E-state index contributed by atoms with van der Waals surface area (Å²) in [5.74, 6) is 0. The lowest BCUT2D eigenvalue weighted by Crippen LogP contribution is -1.76. The first-order chi connectivity index (χ1) is 6.95. The van der Waals surface area contributed by atoms with Crippen LogP contribution in [-0.2, 0) is 0 Å². The van der Waals surface area contributed by atoms with Gasteiger partial charge in [-0.1, -0.05) is 6.07 Å². The molecule has 3 rings (SSSR count). The van der Waals surface area contributed by atoms with Gasteiger partial charge in [-0.2, -0.15) is 10.2 Å². The zero-order valence-electron chi connectivity index (χ0n) is 7.38. The van der Waals surface area contributed by atoms with E-state index in [0.717, 1.165) is 21.8 Å². The summed E-state index contributed by atoms with van der Waals surface area (Å²) in [6, 6.07) is 9.84. The molecule has 3 aromatic rings. The Bertz CT molecular complexity index is 604. The molecule has 0 unspecified atom stereocenters. The van der Waals surface area contributed by atoms with Crippen molar-refractivity contribution in [1.29, 1.82) is 0 Å². The standard InChI is InChI=1S/C11H7N3/c1-2-9-10(14-13-6-1)4-3-8-5-7-12-11(8)9/h1-7H. The van der Waals surface area contributed by atoms with Gasteiger partial charge in [-0.3, -0.25) is 4.98 Å². The van der Waals surface area contributed by atoms with Crippen molar-refractivity contribution in [3.05, 3.63) is 42.7 Å². The minimum atomic E-state index is 0.876. The number of hydrogen-bond acceptors (Lipinski definition) is 3. The quantitative estimate of drug-likeness (QED) is 0.533. The van der Waals surface area contributed by atoms with Crippen LogP contribution in [0.1, 0.15) is 0 Å². The molecule has 0 fully saturated rings. The van der Waals surface area contributed by atoms with Gasteiger partial charge in [0.1, 0.15) is 0 Å². The Morgan fingerprint density at radius 2 is 1.93 bits per heavy atom. The highest BCUT2D eigenvalue weighted by atomic mass is 15.1. The molecule has 0 saturated heterocycles. The summed E-state index contributed by atoms with van der Waals surface area (Å²) < 4.78 is 0. The smallest absolute Gasteiger partial charge is 0.0951 e. The van der Waals surface area contributed by atoms with Gasteiger partial charge in [0.15, 0.2) is 0 Å². The largest absolute Gasteiger partial charge is 0.256 e. The highest BCUT2D eigenvalue weighted by Gasteiger charge is 2.00. The summed E-state index contributed by atoms with van der Waals surface area (Å²) >= 11 is 0. The topological polar surface area (TPSA) is 38.7 Å². The first-order valence-corrected chi connectivity index (χ1v) is 4.40. The summed E-state index contributed by atoms with van der Waals surface area (Å²) in [4.78, 5) is 4.31. The maximum atomic E-state index is 4.31. The molecule has 0 saturated carbocycles. The number of hydrogen-bond donors (Lipinski definition) is 0. The van der Waals surface area contributed by atoms with E-state index in [2.05, 4.69) is 15.2 Å². The molecular weight excluding hydrogens is 174 g/mol. The predicted molar refractivity (Wildman–Crippen MR) is 54.8 cm³/mol. The molecule has 0 radical (unpaired) electrons. The highest BCUT2D eigenvalue weighted by Crippen LogP contribution is 2.21. The summed E-state index contributed by atoms with van der Waals surface area (Å²) in [5.41, 5.74) is 1.87. The lowest BCUT2D eigenvalue weighted by molar-refractivity contribution is 1.09. The van der Waals surface area contributed by atoms with Crippen molar-refractivity contribution in [3.63, 3.8) is 0 Å². The Morgan fingerprint density at radius 3 is 2.93 bits per heavy atom. The molecule has 0 bridgehead atoms. The van der Waals surface area contributed by atoms with E-state index in [1.54, 1.807) is 6.20 Å². The van der Waals surface area contributed by atoms with E-state index in [1.165, 1.54) is 0 Å². The van der Waals surface area contributed by atoms with Crippen LogP contribution < -0.4 is 0 Å². The molecule has 0 atom stereocenters. The lowest BCUT2D eigenvalue weighted by atomic mass is 10.2. The van der Waals surface area contributed by atoms with E-state index >= 15 is 0 Å². The van der Waals surface area contributed by atoms with Crippen molar-refractivity contribution < 1.29 is 0 Å². The molecule has 0 N–H and O–H groups in total. The molecule has 0 aliphatic rings. The number of rotatable bonds is 0. The van der Waals surface area contributed by atoms with Gasteiger partial charge in [0.25, 0.3) is 0 Å². The molecule has 3 nitrogen and oxygen atoms in total. The zero-order chi connectivity index (χ0) is 9.38. The van der Waals surface area contributed by atoms with Crippen LogP contribution in [0.25, 0.3) is 21.8 Å². The number of benzene rings is 1. The Hall–Kier alpha value is -2.03. The van der Waals surface area contributed by atoms with E-state index < -0.39 is 0 Å². The third-order valence-corrected chi connectivity index (χ3v) is 2.26. The monoisotopic (exact) mass is 181 g/mol. The first kappa shape index (κ1) is 7.38. The molecule has 1 aromatic carbocycles. The highest BCUT2D eigenvalue weighted by molar-refractivity contribution is 6.03. The average molecular weight is 181 g/mol. The fraction of sp³-hybridized carbons (Fsp3) is 0. The predicted octanol–water partition coefficient (Wildman–Crippen LogP) is 2.18. The van der Waals surface area contributed by atoms with Crippen LogP contribution in [-0.4, -0.2) is 15.2 Å². The van der Waals surface area contributed by atoms with Crippen molar-refractivity contribution in [2.24, 2.45) is 0 Å². The van der Waals surface area contributed by atoms with Gasteiger partial charge >= 0.3 is 0 Å². The van der Waals surface area contributed by atoms with Gasteiger partial charge in [-0.05, 0) is 24.3 Å². The van der Waals surface area contributed by atoms with E-state index in [-0.39, 0.29) is 0 Å². The third-order valence-electron chi connectivity index (χ3n) is 2.26. The van der Waals surface area contributed by atoms with Gasteiger partial charge in [-0.25, -0.2) is 0 Å². The summed E-state index contributed by atoms with van der Waals surface area (Å²) in [6.45, 7) is 0. The maximum Gasteiger partial charge on any atom is 0.0951 e. The van der Waals surface area contributed by atoms with Crippen LogP contribution in [0, 0.1) is 0 Å². The van der Waals surface area contributed by atoms with Crippen molar-refractivity contribution >= 4 is 21.8 Å². The van der Waals surface area contributed by atoms with Crippen LogP contribution in [0.3, 0.4) is 0 Å². The first-order valence-electron chi connectivity index (χ1n) is 4.40. The van der Waals surface area contributed by atoms with Crippen LogP contribution in [0.5, 0.6) is 0 Å². The van der Waals surface area contributed by atoms with Crippen molar-refractivity contribution in [2.45, 2.75) is 0 Å². The summed E-state index contributed by atoms with van der Waals surface area (Å²) in [5, 5.41) is 10.2. The van der Waals surface area contributed by atoms with Gasteiger partial charge in [0.05, 0.1) is 11.0 Å². The summed E-state index contributed by atoms with van der Waals surface area (Å²) in [6.07, 6.45) is 3.49. The lowest BCUT2D eigenvalue weighted by Gasteiger charge is -1.91. The summed E-state index contributed by atoms with van der Waals surface area (Å²) in [7, 11) is 0. The van der Waals surface area contributed by atoms with Gasteiger partial charge in [0.2, 0.25) is 0 Å². The van der Waals surface area contributed by atoms with E-state index in [9.17, 15) is 0 Å². The second-order valence-corrected chi connectivity index (χ2v) is 3.10. The fourth-order valence-corrected chi connectivity index (χ4v) is 1.61. The van der Waals surface area contributed by atoms with Gasteiger partial charge < -0.3 is 0 Å². The van der Waals surface area contributed by atoms with Crippen LogP contribution in [0.4, 0.5) is 0 Å². The normalized spacial score (nSPS) is 10.9. The molecule has 2 heterocycles. The van der Waals surface area contributed by atoms with Crippen molar-refractivity contribution in [2.75, 3.05) is 0 Å². The number of nitrogens with zero attached hydrogens (tertiary/aromatic N) is 3. The molecule has 0 aliphatic carbocycles. The Morgan fingerprint density at radius 1 is 0.929 bits per heavy atom. The van der Waals surface area contributed by atoms with Crippen LogP contribution in [0.2, 0.25) is 0 Å². The Balaban J connectivity index is 2.64. The Kier molecular flexibility index (Phi) is 1.44. The second kappa shape index (κ2) is 2.73.